The molecule has 1 N–H and O–H groups in total. The molecule has 2 aliphatic rings. The van der Waals surface area contributed by atoms with Gasteiger partial charge in [0.2, 0.25) is 0 Å². The van der Waals surface area contributed by atoms with Crippen LogP contribution in [0.25, 0.3) is 0 Å². The Bertz CT molecular complexity index is 148. The van der Waals surface area contributed by atoms with E-state index in [1.807, 2.05) is 0 Å². The highest BCUT2D eigenvalue weighted by Crippen LogP contribution is 2.28. The quantitative estimate of drug-likeness (QED) is 0.571. The van der Waals surface area contributed by atoms with Gasteiger partial charge in [-0.3, -0.25) is 0 Å². The Kier molecular flexibility index (Phi) is 3.75. The van der Waals surface area contributed by atoms with Crippen molar-refractivity contribution < 1.29 is 19.3 Å². The summed E-state index contributed by atoms with van der Waals surface area (Å²) in [5, 5.41) is 9.42. The Labute approximate surface area is 84.1 Å². The van der Waals surface area contributed by atoms with Crippen LogP contribution >= 0.6 is 0 Å². The van der Waals surface area contributed by atoms with Crippen LogP contribution in [0, 0.1) is 5.92 Å². The lowest BCUT2D eigenvalue weighted by atomic mass is 10.4. The number of aliphatic hydroxyl groups excluding tert-OH is 1. The molecule has 1 saturated heterocycles. The molecule has 1 heterocycles. The molecule has 0 amide bonds. The number of ether oxygens (including phenoxy) is 3. The van der Waals surface area contributed by atoms with Gasteiger partial charge in [0.15, 0.2) is 0 Å². The van der Waals surface area contributed by atoms with Gasteiger partial charge in [-0.25, -0.2) is 0 Å². The highest BCUT2D eigenvalue weighted by Gasteiger charge is 2.23. The van der Waals surface area contributed by atoms with Gasteiger partial charge in [-0.05, 0) is 18.8 Å². The minimum Gasteiger partial charge on any atom is -0.388 e. The molecule has 2 atom stereocenters. The minimum atomic E-state index is -0.493. The van der Waals surface area contributed by atoms with E-state index in [0.29, 0.717) is 19.8 Å². The van der Waals surface area contributed by atoms with Crippen LogP contribution in [0.15, 0.2) is 0 Å². The van der Waals surface area contributed by atoms with Gasteiger partial charge in [0, 0.05) is 6.61 Å². The average molecular weight is 202 g/mol. The van der Waals surface area contributed by atoms with Gasteiger partial charge in [-0.1, -0.05) is 0 Å². The molecule has 14 heavy (non-hydrogen) atoms. The van der Waals surface area contributed by atoms with Crippen LogP contribution in [0.4, 0.5) is 0 Å². The van der Waals surface area contributed by atoms with E-state index in [9.17, 15) is 5.11 Å². The Balaban J connectivity index is 1.38. The number of aliphatic hydroxyl groups is 1. The zero-order chi connectivity index (χ0) is 9.80. The van der Waals surface area contributed by atoms with Crippen molar-refractivity contribution in [3.8, 4) is 0 Å². The third-order valence-electron chi connectivity index (χ3n) is 2.38. The predicted molar refractivity (Wildman–Crippen MR) is 50.1 cm³/mol. The molecular formula is C10H18O4. The summed E-state index contributed by atoms with van der Waals surface area (Å²) in [6.45, 7) is 2.93. The third-order valence-corrected chi connectivity index (χ3v) is 2.38. The molecule has 0 radical (unpaired) electrons. The standard InChI is InChI=1S/C10H18O4/c11-9(4-12-3-8-1-2-8)5-13-6-10-7-14-10/h8-11H,1-7H2. The molecule has 4 nitrogen and oxygen atoms in total. The van der Waals surface area contributed by atoms with E-state index in [4.69, 9.17) is 14.2 Å². The number of epoxide rings is 1. The SMILES string of the molecule is OC(COCC1CC1)COCC1CO1. The molecule has 2 fully saturated rings. The largest absolute Gasteiger partial charge is 0.388 e. The maximum absolute atomic E-state index is 9.42. The maximum atomic E-state index is 9.42. The molecule has 1 saturated carbocycles. The fourth-order valence-electron chi connectivity index (χ4n) is 1.20. The Morgan fingerprint density at radius 3 is 2.43 bits per heavy atom. The first-order valence-electron chi connectivity index (χ1n) is 5.30. The summed E-state index contributed by atoms with van der Waals surface area (Å²) in [7, 11) is 0. The van der Waals surface area contributed by atoms with E-state index in [2.05, 4.69) is 0 Å². The lowest BCUT2D eigenvalue weighted by Gasteiger charge is -2.10. The van der Waals surface area contributed by atoms with Crippen LogP contribution in [0.1, 0.15) is 12.8 Å². The molecule has 2 unspecified atom stereocenters. The van der Waals surface area contributed by atoms with Gasteiger partial charge >= 0.3 is 0 Å². The zero-order valence-corrected chi connectivity index (χ0v) is 8.35. The lowest BCUT2D eigenvalue weighted by molar-refractivity contribution is -0.0234. The monoisotopic (exact) mass is 202 g/mol. The predicted octanol–water partition coefficient (Wildman–Crippen LogP) is 0.189. The average Bonchev–Trinajstić information content (AvgIpc) is 2.99. The van der Waals surface area contributed by atoms with Gasteiger partial charge in [0.05, 0.1) is 26.4 Å². The molecule has 0 aromatic carbocycles. The van der Waals surface area contributed by atoms with Crippen molar-refractivity contribution in [2.75, 3.05) is 33.0 Å². The van der Waals surface area contributed by atoms with Crippen molar-refractivity contribution in [1.29, 1.82) is 0 Å². The zero-order valence-electron chi connectivity index (χ0n) is 8.35. The Hall–Kier alpha value is -0.160. The van der Waals surface area contributed by atoms with Crippen LogP contribution in [0.3, 0.4) is 0 Å². The summed E-state index contributed by atoms with van der Waals surface area (Å²) in [5.74, 6) is 0.753. The van der Waals surface area contributed by atoms with E-state index in [1.54, 1.807) is 0 Å². The topological polar surface area (TPSA) is 51.2 Å². The van der Waals surface area contributed by atoms with Crippen molar-refractivity contribution >= 4 is 0 Å². The summed E-state index contributed by atoms with van der Waals surface area (Å²) >= 11 is 0. The lowest BCUT2D eigenvalue weighted by Crippen LogP contribution is -2.23. The van der Waals surface area contributed by atoms with Crippen molar-refractivity contribution in [2.24, 2.45) is 5.92 Å². The normalized spacial score (nSPS) is 27.6. The van der Waals surface area contributed by atoms with Crippen molar-refractivity contribution in [3.05, 3.63) is 0 Å². The molecule has 4 heteroatoms. The van der Waals surface area contributed by atoms with Crippen molar-refractivity contribution in [2.45, 2.75) is 25.0 Å². The first-order chi connectivity index (χ1) is 6.84. The van der Waals surface area contributed by atoms with Crippen LogP contribution in [-0.2, 0) is 14.2 Å². The van der Waals surface area contributed by atoms with Crippen LogP contribution in [0.5, 0.6) is 0 Å². The molecule has 1 aliphatic heterocycles. The molecule has 0 bridgehead atoms. The van der Waals surface area contributed by atoms with E-state index in [-0.39, 0.29) is 6.10 Å². The molecule has 0 aromatic rings. The minimum absolute atomic E-state index is 0.273. The second-order valence-corrected chi connectivity index (χ2v) is 4.13. The van der Waals surface area contributed by atoms with E-state index >= 15 is 0 Å². The maximum Gasteiger partial charge on any atom is 0.104 e. The molecule has 0 aromatic heterocycles. The van der Waals surface area contributed by atoms with Crippen LogP contribution < -0.4 is 0 Å². The fraction of sp³-hybridized carbons (Fsp3) is 1.00. The molecule has 2 rings (SSSR count). The highest BCUT2D eigenvalue weighted by molar-refractivity contribution is 4.72. The summed E-state index contributed by atoms with van der Waals surface area (Å²) in [6, 6.07) is 0. The van der Waals surface area contributed by atoms with Gasteiger partial charge in [-0.15, -0.1) is 0 Å². The Morgan fingerprint density at radius 2 is 1.86 bits per heavy atom. The summed E-state index contributed by atoms with van der Waals surface area (Å²) in [5.41, 5.74) is 0. The van der Waals surface area contributed by atoms with Gasteiger partial charge in [0.1, 0.15) is 12.2 Å². The van der Waals surface area contributed by atoms with Gasteiger partial charge in [0.25, 0.3) is 0 Å². The summed E-state index contributed by atoms with van der Waals surface area (Å²) in [4.78, 5) is 0. The highest BCUT2D eigenvalue weighted by atomic mass is 16.6. The number of rotatable bonds is 8. The molecule has 1 aliphatic carbocycles. The number of hydrogen-bond acceptors (Lipinski definition) is 4. The van der Waals surface area contributed by atoms with Gasteiger partial charge < -0.3 is 19.3 Å². The first kappa shape index (κ1) is 10.4. The van der Waals surface area contributed by atoms with Crippen molar-refractivity contribution in [1.82, 2.24) is 0 Å². The second kappa shape index (κ2) is 5.07. The van der Waals surface area contributed by atoms with E-state index in [1.165, 1.54) is 12.8 Å². The smallest absolute Gasteiger partial charge is 0.104 e. The number of hydrogen-bond donors (Lipinski definition) is 1. The Morgan fingerprint density at radius 1 is 1.21 bits per heavy atom. The second-order valence-electron chi connectivity index (χ2n) is 4.13. The molecular weight excluding hydrogens is 184 g/mol. The summed E-state index contributed by atoms with van der Waals surface area (Å²) < 4.78 is 15.5. The molecule has 82 valence electrons. The molecule has 0 spiro atoms. The van der Waals surface area contributed by atoms with Crippen molar-refractivity contribution in [3.63, 3.8) is 0 Å². The third kappa shape index (κ3) is 4.37. The first-order valence-corrected chi connectivity index (χ1v) is 5.30. The fourth-order valence-corrected chi connectivity index (χ4v) is 1.20. The van der Waals surface area contributed by atoms with Crippen LogP contribution in [-0.4, -0.2) is 50.3 Å². The van der Waals surface area contributed by atoms with Gasteiger partial charge in [-0.2, -0.15) is 0 Å². The van der Waals surface area contributed by atoms with Crippen LogP contribution in [0.2, 0.25) is 0 Å². The van der Waals surface area contributed by atoms with E-state index < -0.39 is 6.10 Å². The summed E-state index contributed by atoms with van der Waals surface area (Å²) in [6.07, 6.45) is 2.35. The van der Waals surface area contributed by atoms with E-state index in [0.717, 1.165) is 19.1 Å².